The molecule has 0 aromatic heterocycles. The van der Waals surface area contributed by atoms with Gasteiger partial charge in [-0.2, -0.15) is 0 Å². The van der Waals surface area contributed by atoms with Gasteiger partial charge in [-0.25, -0.2) is 9.59 Å². The van der Waals surface area contributed by atoms with Gasteiger partial charge in [-0.3, -0.25) is 15.5 Å². The van der Waals surface area contributed by atoms with E-state index < -0.39 is 29.7 Å². The Bertz CT molecular complexity index is 505. The highest BCUT2D eigenvalue weighted by Crippen LogP contribution is 2.27. The number of amides is 2. The van der Waals surface area contributed by atoms with E-state index >= 15 is 0 Å². The minimum Gasteiger partial charge on any atom is -0.444 e. The number of ether oxygens (including phenoxy) is 2. The maximum Gasteiger partial charge on any atom is 0.412 e. The van der Waals surface area contributed by atoms with Crippen molar-refractivity contribution >= 4 is 12.2 Å². The van der Waals surface area contributed by atoms with Gasteiger partial charge in [0, 0.05) is 13.6 Å². The molecule has 0 radical (unpaired) electrons. The molecule has 0 spiro atoms. The van der Waals surface area contributed by atoms with E-state index in [1.54, 1.807) is 48.6 Å². The molecule has 2 amide bonds. The molecule has 0 aromatic rings. The van der Waals surface area contributed by atoms with Gasteiger partial charge >= 0.3 is 12.2 Å². The Balaban J connectivity index is 2.71. The average molecular weight is 401 g/mol. The molecule has 1 aliphatic carbocycles. The van der Waals surface area contributed by atoms with Crippen molar-refractivity contribution < 1.29 is 19.1 Å². The highest BCUT2D eigenvalue weighted by molar-refractivity contribution is 5.71. The maximum atomic E-state index is 12.5. The summed E-state index contributed by atoms with van der Waals surface area (Å²) in [4.78, 5) is 26.1. The van der Waals surface area contributed by atoms with E-state index in [1.807, 2.05) is 0 Å². The zero-order valence-electron chi connectivity index (χ0n) is 18.6. The van der Waals surface area contributed by atoms with Crippen molar-refractivity contribution in [2.75, 3.05) is 20.1 Å². The molecular formula is C20H40N4O4. The number of nitrogens with one attached hydrogen (secondary N) is 2. The van der Waals surface area contributed by atoms with Gasteiger partial charge in [0.15, 0.2) is 6.29 Å². The van der Waals surface area contributed by atoms with E-state index in [1.165, 1.54) is 4.90 Å². The number of rotatable bonds is 6. The summed E-state index contributed by atoms with van der Waals surface area (Å²) in [6.07, 6.45) is 2.58. The number of nitrogens with two attached hydrogens (primary N) is 1. The Labute approximate surface area is 169 Å². The summed E-state index contributed by atoms with van der Waals surface area (Å²) in [5.41, 5.74) is 4.52. The van der Waals surface area contributed by atoms with Crippen molar-refractivity contribution in [2.45, 2.75) is 84.7 Å². The first-order valence-corrected chi connectivity index (χ1v) is 10.2. The third kappa shape index (κ3) is 9.59. The Morgan fingerprint density at radius 2 is 1.50 bits per heavy atom. The van der Waals surface area contributed by atoms with Crippen LogP contribution in [-0.4, -0.2) is 54.7 Å². The van der Waals surface area contributed by atoms with Crippen LogP contribution in [0.15, 0.2) is 0 Å². The van der Waals surface area contributed by atoms with Crippen molar-refractivity contribution in [1.29, 1.82) is 0 Å². The minimum absolute atomic E-state index is 0.484. The van der Waals surface area contributed by atoms with E-state index in [0.29, 0.717) is 18.4 Å². The van der Waals surface area contributed by atoms with Crippen LogP contribution in [0.2, 0.25) is 0 Å². The van der Waals surface area contributed by atoms with E-state index in [4.69, 9.17) is 15.2 Å². The SMILES string of the molecule is CN(C(=O)OC(C)(C)C)C(NCC1CCC(CN)CC1)NC(=O)OC(C)(C)C. The number of carbonyl (C=O) groups is 2. The molecule has 8 nitrogen and oxygen atoms in total. The number of hydrogen-bond acceptors (Lipinski definition) is 6. The normalized spacial score (nSPS) is 21.6. The van der Waals surface area contributed by atoms with Crippen molar-refractivity contribution in [1.82, 2.24) is 15.5 Å². The first-order chi connectivity index (χ1) is 12.8. The smallest absolute Gasteiger partial charge is 0.412 e. The van der Waals surface area contributed by atoms with Crippen LogP contribution in [0, 0.1) is 11.8 Å². The molecule has 28 heavy (non-hydrogen) atoms. The van der Waals surface area contributed by atoms with Gasteiger partial charge in [0.25, 0.3) is 0 Å². The molecule has 8 heteroatoms. The Hall–Kier alpha value is -1.54. The second-order valence-corrected chi connectivity index (χ2v) is 9.67. The molecule has 0 bridgehead atoms. The minimum atomic E-state index is -0.725. The van der Waals surface area contributed by atoms with E-state index in [0.717, 1.165) is 32.2 Å². The number of nitrogens with zero attached hydrogens (tertiary/aromatic N) is 1. The standard InChI is InChI=1S/C20H40N4O4/c1-19(2,3)27-17(25)23-16(24(7)18(26)28-20(4,5)6)22-13-15-10-8-14(12-21)9-11-15/h14-16,22H,8-13,21H2,1-7H3,(H,23,25). The van der Waals surface area contributed by atoms with Crippen molar-refractivity contribution in [2.24, 2.45) is 17.6 Å². The van der Waals surface area contributed by atoms with Crippen LogP contribution < -0.4 is 16.4 Å². The second-order valence-electron chi connectivity index (χ2n) is 9.67. The van der Waals surface area contributed by atoms with Crippen LogP contribution in [0.4, 0.5) is 9.59 Å². The molecule has 4 N–H and O–H groups in total. The molecule has 1 aliphatic rings. The van der Waals surface area contributed by atoms with Gasteiger partial charge in [0.2, 0.25) is 0 Å². The molecule has 1 atom stereocenters. The first-order valence-electron chi connectivity index (χ1n) is 10.2. The van der Waals surface area contributed by atoms with Gasteiger partial charge < -0.3 is 15.2 Å². The highest BCUT2D eigenvalue weighted by Gasteiger charge is 2.29. The molecule has 0 heterocycles. The molecule has 1 fully saturated rings. The summed E-state index contributed by atoms with van der Waals surface area (Å²) in [6, 6.07) is 0. The lowest BCUT2D eigenvalue weighted by Crippen LogP contribution is -2.59. The lowest BCUT2D eigenvalue weighted by Gasteiger charge is -2.34. The summed E-state index contributed by atoms with van der Waals surface area (Å²) < 4.78 is 10.8. The summed E-state index contributed by atoms with van der Waals surface area (Å²) >= 11 is 0. The summed E-state index contributed by atoms with van der Waals surface area (Å²) in [5.74, 6) is 1.09. The number of alkyl carbamates (subject to hydrolysis) is 1. The van der Waals surface area contributed by atoms with Crippen molar-refractivity contribution in [3.05, 3.63) is 0 Å². The van der Waals surface area contributed by atoms with Crippen molar-refractivity contribution in [3.63, 3.8) is 0 Å². The van der Waals surface area contributed by atoms with Crippen LogP contribution >= 0.6 is 0 Å². The number of hydrogen-bond donors (Lipinski definition) is 3. The predicted molar refractivity (Wildman–Crippen MR) is 110 cm³/mol. The van der Waals surface area contributed by atoms with Crippen LogP contribution in [0.5, 0.6) is 0 Å². The molecule has 0 saturated heterocycles. The van der Waals surface area contributed by atoms with Crippen molar-refractivity contribution in [3.8, 4) is 0 Å². The van der Waals surface area contributed by atoms with E-state index in [-0.39, 0.29) is 0 Å². The Kier molecular flexibility index (Phi) is 9.01. The Morgan fingerprint density at radius 1 is 1.00 bits per heavy atom. The molecule has 164 valence electrons. The van der Waals surface area contributed by atoms with Gasteiger partial charge in [-0.1, -0.05) is 0 Å². The fourth-order valence-corrected chi connectivity index (χ4v) is 3.09. The van der Waals surface area contributed by atoms with Crippen LogP contribution in [-0.2, 0) is 9.47 Å². The zero-order chi connectivity index (χ0) is 21.5. The van der Waals surface area contributed by atoms with Gasteiger partial charge in [0.05, 0.1) is 0 Å². The van der Waals surface area contributed by atoms with Gasteiger partial charge in [-0.05, 0) is 85.6 Å². The highest BCUT2D eigenvalue weighted by atomic mass is 16.6. The molecule has 1 saturated carbocycles. The topological polar surface area (TPSA) is 106 Å². The fraction of sp³-hybridized carbons (Fsp3) is 0.900. The fourth-order valence-electron chi connectivity index (χ4n) is 3.09. The maximum absolute atomic E-state index is 12.5. The average Bonchev–Trinajstić information content (AvgIpc) is 2.55. The van der Waals surface area contributed by atoms with E-state index in [2.05, 4.69) is 10.6 Å². The lowest BCUT2D eigenvalue weighted by molar-refractivity contribution is 0.00959. The summed E-state index contributed by atoms with van der Waals surface area (Å²) in [7, 11) is 1.59. The summed E-state index contributed by atoms with van der Waals surface area (Å²) in [6.45, 7) is 12.2. The predicted octanol–water partition coefficient (Wildman–Crippen LogP) is 3.02. The largest absolute Gasteiger partial charge is 0.444 e. The van der Waals surface area contributed by atoms with Gasteiger partial charge in [0.1, 0.15) is 11.2 Å². The Morgan fingerprint density at radius 3 is 1.96 bits per heavy atom. The van der Waals surface area contributed by atoms with Crippen LogP contribution in [0.1, 0.15) is 67.2 Å². The summed E-state index contributed by atoms with van der Waals surface area (Å²) in [5, 5.41) is 6.02. The van der Waals surface area contributed by atoms with Gasteiger partial charge in [-0.15, -0.1) is 0 Å². The molecule has 0 aliphatic heterocycles. The lowest BCUT2D eigenvalue weighted by atomic mass is 9.82. The molecule has 1 rings (SSSR count). The van der Waals surface area contributed by atoms with Crippen LogP contribution in [0.3, 0.4) is 0 Å². The molecule has 1 unspecified atom stereocenters. The second kappa shape index (κ2) is 10.3. The molecular weight excluding hydrogens is 360 g/mol. The molecule has 0 aromatic carbocycles. The number of carbonyl (C=O) groups excluding carboxylic acids is 2. The third-order valence-corrected chi connectivity index (χ3v) is 4.62. The first kappa shape index (κ1) is 24.5. The van der Waals surface area contributed by atoms with E-state index in [9.17, 15) is 9.59 Å². The monoisotopic (exact) mass is 400 g/mol. The third-order valence-electron chi connectivity index (χ3n) is 4.62. The quantitative estimate of drug-likeness (QED) is 0.592. The zero-order valence-corrected chi connectivity index (χ0v) is 18.6. The van der Waals surface area contributed by atoms with Crippen LogP contribution in [0.25, 0.3) is 0 Å².